The van der Waals surface area contributed by atoms with Crippen LogP contribution in [0.15, 0.2) is 0 Å². The standard InChI is InChI=1S/C15H29BrO2S/c1-2-3-4-5-6-7-8-9-10-11-15(12-16,13-19)14(17)18/h19H,2-13H2,1H3,(H,17,18). The number of carboxylic acid groups (broad SMARTS) is 1. The Bertz CT molecular complexity index is 230. The Balaban J connectivity index is 3.59. The van der Waals surface area contributed by atoms with Crippen molar-refractivity contribution in [2.75, 3.05) is 11.1 Å². The molecule has 0 radical (unpaired) electrons. The molecule has 19 heavy (non-hydrogen) atoms. The molecule has 1 unspecified atom stereocenters. The maximum Gasteiger partial charge on any atom is 0.311 e. The minimum absolute atomic E-state index is 0.407. The van der Waals surface area contributed by atoms with E-state index in [0.29, 0.717) is 11.1 Å². The molecular weight excluding hydrogens is 324 g/mol. The molecule has 1 N–H and O–H groups in total. The summed E-state index contributed by atoms with van der Waals surface area (Å²) < 4.78 is 0. The molecular formula is C15H29BrO2S. The molecule has 0 amide bonds. The number of aliphatic carboxylic acids is 1. The summed E-state index contributed by atoms with van der Waals surface area (Å²) >= 11 is 7.52. The molecule has 0 aliphatic carbocycles. The Morgan fingerprint density at radius 2 is 1.53 bits per heavy atom. The summed E-state index contributed by atoms with van der Waals surface area (Å²) in [5, 5.41) is 9.76. The number of alkyl halides is 1. The summed E-state index contributed by atoms with van der Waals surface area (Å²) in [7, 11) is 0. The fourth-order valence-electron chi connectivity index (χ4n) is 2.19. The maximum atomic E-state index is 11.3. The second kappa shape index (κ2) is 12.1. The van der Waals surface area contributed by atoms with E-state index >= 15 is 0 Å². The first-order valence-electron chi connectivity index (χ1n) is 7.53. The van der Waals surface area contributed by atoms with Gasteiger partial charge in [-0.2, -0.15) is 12.6 Å². The maximum absolute atomic E-state index is 11.3. The second-order valence-electron chi connectivity index (χ2n) is 5.46. The first-order valence-corrected chi connectivity index (χ1v) is 9.28. The van der Waals surface area contributed by atoms with Gasteiger partial charge in [-0.25, -0.2) is 0 Å². The van der Waals surface area contributed by atoms with Crippen molar-refractivity contribution in [1.29, 1.82) is 0 Å². The van der Waals surface area contributed by atoms with Gasteiger partial charge in [-0.15, -0.1) is 0 Å². The topological polar surface area (TPSA) is 37.3 Å². The van der Waals surface area contributed by atoms with Gasteiger partial charge in [-0.05, 0) is 6.42 Å². The van der Waals surface area contributed by atoms with Gasteiger partial charge in [0.25, 0.3) is 0 Å². The van der Waals surface area contributed by atoms with Crippen LogP contribution in [0.25, 0.3) is 0 Å². The number of carbonyl (C=O) groups is 1. The van der Waals surface area contributed by atoms with Crippen molar-refractivity contribution in [1.82, 2.24) is 0 Å². The van der Waals surface area contributed by atoms with Crippen LogP contribution in [-0.2, 0) is 4.79 Å². The van der Waals surface area contributed by atoms with Gasteiger partial charge in [-0.3, -0.25) is 4.79 Å². The fourth-order valence-corrected chi connectivity index (χ4v) is 3.62. The van der Waals surface area contributed by atoms with Crippen molar-refractivity contribution in [2.45, 2.75) is 71.1 Å². The minimum Gasteiger partial charge on any atom is -0.481 e. The minimum atomic E-state index is -0.723. The summed E-state index contributed by atoms with van der Waals surface area (Å²) in [4.78, 5) is 11.3. The average molecular weight is 353 g/mol. The molecule has 0 spiro atoms. The molecule has 114 valence electrons. The van der Waals surface area contributed by atoms with Crippen LogP contribution < -0.4 is 0 Å². The predicted molar refractivity (Wildman–Crippen MR) is 89.6 cm³/mol. The van der Waals surface area contributed by atoms with E-state index < -0.39 is 11.4 Å². The molecule has 0 aromatic carbocycles. The van der Waals surface area contributed by atoms with Crippen LogP contribution in [0.2, 0.25) is 0 Å². The normalized spacial score (nSPS) is 14.3. The smallest absolute Gasteiger partial charge is 0.311 e. The Labute approximate surface area is 132 Å². The highest BCUT2D eigenvalue weighted by atomic mass is 79.9. The molecule has 0 bridgehead atoms. The van der Waals surface area contributed by atoms with Crippen LogP contribution in [0.1, 0.15) is 71.1 Å². The Morgan fingerprint density at radius 1 is 1.05 bits per heavy atom. The second-order valence-corrected chi connectivity index (χ2v) is 6.33. The molecule has 0 aromatic heterocycles. The van der Waals surface area contributed by atoms with Gasteiger partial charge >= 0.3 is 5.97 Å². The molecule has 0 rings (SSSR count). The molecule has 0 aliphatic heterocycles. The number of halogens is 1. The third kappa shape index (κ3) is 8.23. The largest absolute Gasteiger partial charge is 0.481 e. The SMILES string of the molecule is CCCCCCCCCCCC(CS)(CBr)C(=O)O. The van der Waals surface area contributed by atoms with Crippen molar-refractivity contribution in [2.24, 2.45) is 5.41 Å². The lowest BCUT2D eigenvalue weighted by molar-refractivity contribution is -0.146. The highest BCUT2D eigenvalue weighted by molar-refractivity contribution is 9.09. The molecule has 2 nitrogen and oxygen atoms in total. The molecule has 0 fully saturated rings. The molecule has 0 aliphatic rings. The van der Waals surface area contributed by atoms with Gasteiger partial charge in [0, 0.05) is 11.1 Å². The zero-order valence-electron chi connectivity index (χ0n) is 12.2. The summed E-state index contributed by atoms with van der Waals surface area (Å²) in [6.07, 6.45) is 12.1. The van der Waals surface area contributed by atoms with Crippen LogP contribution in [0, 0.1) is 5.41 Å². The molecule has 1 atom stereocenters. The van der Waals surface area contributed by atoms with Crippen LogP contribution in [0.4, 0.5) is 0 Å². The lowest BCUT2D eigenvalue weighted by Crippen LogP contribution is -2.34. The van der Waals surface area contributed by atoms with Gasteiger partial charge in [0.1, 0.15) is 0 Å². The summed E-state index contributed by atoms with van der Waals surface area (Å²) in [5.74, 6) is -0.316. The van der Waals surface area contributed by atoms with Crippen molar-refractivity contribution in [3.63, 3.8) is 0 Å². The highest BCUT2D eigenvalue weighted by Crippen LogP contribution is 2.29. The third-order valence-corrected chi connectivity index (χ3v) is 5.45. The highest BCUT2D eigenvalue weighted by Gasteiger charge is 2.35. The zero-order valence-corrected chi connectivity index (χ0v) is 14.6. The number of hydrogen-bond acceptors (Lipinski definition) is 2. The molecule has 4 heteroatoms. The van der Waals surface area contributed by atoms with Crippen molar-refractivity contribution in [3.8, 4) is 0 Å². The van der Waals surface area contributed by atoms with Crippen molar-refractivity contribution in [3.05, 3.63) is 0 Å². The predicted octanol–water partition coefficient (Wildman–Crippen LogP) is 5.30. The Hall–Kier alpha value is 0.300. The summed E-state index contributed by atoms with van der Waals surface area (Å²) in [6, 6.07) is 0. The monoisotopic (exact) mass is 352 g/mol. The first kappa shape index (κ1) is 19.3. The molecule has 0 heterocycles. The van der Waals surface area contributed by atoms with E-state index in [-0.39, 0.29) is 0 Å². The van der Waals surface area contributed by atoms with Crippen LogP contribution in [-0.4, -0.2) is 22.2 Å². The van der Waals surface area contributed by atoms with Crippen molar-refractivity contribution < 1.29 is 9.90 Å². The van der Waals surface area contributed by atoms with E-state index in [9.17, 15) is 9.90 Å². The number of carboxylic acids is 1. The first-order chi connectivity index (χ1) is 9.13. The third-order valence-electron chi connectivity index (χ3n) is 3.77. The van der Waals surface area contributed by atoms with E-state index in [0.717, 1.165) is 19.3 Å². The molecule has 0 saturated carbocycles. The van der Waals surface area contributed by atoms with Gasteiger partial charge < -0.3 is 5.11 Å². The van der Waals surface area contributed by atoms with Gasteiger partial charge in [0.2, 0.25) is 0 Å². The summed E-state index contributed by atoms with van der Waals surface area (Å²) in [6.45, 7) is 2.24. The van der Waals surface area contributed by atoms with Crippen LogP contribution in [0.3, 0.4) is 0 Å². The zero-order chi connectivity index (χ0) is 14.6. The van der Waals surface area contributed by atoms with E-state index in [1.54, 1.807) is 0 Å². The summed E-state index contributed by atoms with van der Waals surface area (Å²) in [5.41, 5.74) is -0.676. The van der Waals surface area contributed by atoms with Gasteiger partial charge in [-0.1, -0.05) is 80.6 Å². The van der Waals surface area contributed by atoms with E-state index in [2.05, 4.69) is 35.5 Å². The van der Waals surface area contributed by atoms with Crippen LogP contribution >= 0.6 is 28.6 Å². The lowest BCUT2D eigenvalue weighted by Gasteiger charge is -2.25. The number of hydrogen-bond donors (Lipinski definition) is 2. The number of unbranched alkanes of at least 4 members (excludes halogenated alkanes) is 8. The Morgan fingerprint density at radius 3 is 1.89 bits per heavy atom. The Kier molecular flexibility index (Phi) is 12.3. The quantitative estimate of drug-likeness (QED) is 0.268. The fraction of sp³-hybridized carbons (Fsp3) is 0.933. The van der Waals surface area contributed by atoms with E-state index in [1.165, 1.54) is 44.9 Å². The van der Waals surface area contributed by atoms with Crippen LogP contribution in [0.5, 0.6) is 0 Å². The molecule has 0 saturated heterocycles. The number of thiol groups is 1. The van der Waals surface area contributed by atoms with E-state index in [1.807, 2.05) is 0 Å². The van der Waals surface area contributed by atoms with E-state index in [4.69, 9.17) is 0 Å². The number of rotatable bonds is 13. The molecule has 0 aromatic rings. The average Bonchev–Trinajstić information content (AvgIpc) is 2.41. The lowest BCUT2D eigenvalue weighted by atomic mass is 9.86. The van der Waals surface area contributed by atoms with Gasteiger partial charge in [0.05, 0.1) is 5.41 Å². The van der Waals surface area contributed by atoms with Gasteiger partial charge in [0.15, 0.2) is 0 Å². The van der Waals surface area contributed by atoms with Crippen molar-refractivity contribution >= 4 is 34.5 Å².